The van der Waals surface area contributed by atoms with Crippen LogP contribution in [0.15, 0.2) is 224 Å². The normalized spacial score (nSPS) is 11.6. The Balaban J connectivity index is 1.04. The van der Waals surface area contributed by atoms with Gasteiger partial charge in [0.05, 0.1) is 22.4 Å². The Bertz CT molecular complexity index is 3640. The predicted octanol–water partition coefficient (Wildman–Crippen LogP) is 15.4. The lowest BCUT2D eigenvalue weighted by molar-refractivity contribution is 1.18. The first-order chi connectivity index (χ1) is 30.2. The van der Waals surface area contributed by atoms with Crippen molar-refractivity contribution in [2.24, 2.45) is 0 Å². The first-order valence-corrected chi connectivity index (χ1v) is 20.8. The average molecular weight is 776 g/mol. The zero-order valence-electron chi connectivity index (χ0n) is 33.2. The molecule has 0 N–H and O–H groups in total. The van der Waals surface area contributed by atoms with Crippen LogP contribution >= 0.6 is 0 Å². The molecule has 61 heavy (non-hydrogen) atoms. The standard InChI is InChI=1S/C58H37N3/c1-3-17-39(18-4-1)58-59-53(42-21-13-20-40(34-42)48-29-15-30-51-49-28-11-12-31-55(49)61(57(48)51)45-24-5-2-6-25-45)37-54(60-58)43-22-14-23-44(35-43)56-47-27-10-8-19-41(47)36-52-46-26-9-7-16-38(46)32-33-50(52)56/h1-37H. The van der Waals surface area contributed by atoms with E-state index in [1.165, 1.54) is 65.3 Å². The summed E-state index contributed by atoms with van der Waals surface area (Å²) in [6, 6.07) is 80.5. The minimum Gasteiger partial charge on any atom is -0.309 e. The lowest BCUT2D eigenvalue weighted by atomic mass is 9.89. The van der Waals surface area contributed by atoms with Crippen LogP contribution in [0.5, 0.6) is 0 Å². The highest BCUT2D eigenvalue weighted by Gasteiger charge is 2.19. The highest BCUT2D eigenvalue weighted by atomic mass is 15.0. The number of rotatable bonds is 6. The van der Waals surface area contributed by atoms with Crippen LogP contribution in [0.4, 0.5) is 0 Å². The van der Waals surface area contributed by atoms with E-state index >= 15 is 0 Å². The second-order valence-electron chi connectivity index (χ2n) is 15.7. The van der Waals surface area contributed by atoms with Gasteiger partial charge in [0, 0.05) is 38.7 Å². The van der Waals surface area contributed by atoms with Gasteiger partial charge in [-0.2, -0.15) is 0 Å². The van der Waals surface area contributed by atoms with Crippen molar-refractivity contribution < 1.29 is 0 Å². The zero-order chi connectivity index (χ0) is 40.3. The van der Waals surface area contributed by atoms with Crippen molar-refractivity contribution in [2.75, 3.05) is 0 Å². The molecule has 10 aromatic carbocycles. The van der Waals surface area contributed by atoms with Gasteiger partial charge in [-0.3, -0.25) is 0 Å². The van der Waals surface area contributed by atoms with Crippen molar-refractivity contribution in [2.45, 2.75) is 0 Å². The molecular weight excluding hydrogens is 739 g/mol. The van der Waals surface area contributed by atoms with Crippen molar-refractivity contribution in [3.63, 3.8) is 0 Å². The van der Waals surface area contributed by atoms with Crippen molar-refractivity contribution >= 4 is 54.1 Å². The lowest BCUT2D eigenvalue weighted by Crippen LogP contribution is -1.97. The van der Waals surface area contributed by atoms with E-state index in [9.17, 15) is 0 Å². The van der Waals surface area contributed by atoms with E-state index in [4.69, 9.17) is 9.97 Å². The minimum absolute atomic E-state index is 0.692. The van der Waals surface area contributed by atoms with E-state index in [0.717, 1.165) is 44.9 Å². The molecule has 0 unspecified atom stereocenters. The molecule has 3 heteroatoms. The third-order valence-corrected chi connectivity index (χ3v) is 12.2. The fraction of sp³-hybridized carbons (Fsp3) is 0. The number of nitrogens with zero attached hydrogens (tertiary/aromatic N) is 3. The Kier molecular flexibility index (Phi) is 8.17. The topological polar surface area (TPSA) is 30.7 Å². The molecule has 0 saturated heterocycles. The molecule has 0 radical (unpaired) electrons. The van der Waals surface area contributed by atoms with Crippen molar-refractivity contribution in [3.8, 4) is 61.8 Å². The summed E-state index contributed by atoms with van der Waals surface area (Å²) in [5.41, 5.74) is 13.0. The third-order valence-electron chi connectivity index (χ3n) is 12.2. The van der Waals surface area contributed by atoms with Crippen molar-refractivity contribution in [1.29, 1.82) is 0 Å². The van der Waals surface area contributed by atoms with Gasteiger partial charge < -0.3 is 4.57 Å². The fourth-order valence-electron chi connectivity index (χ4n) is 9.37. The molecule has 0 fully saturated rings. The highest BCUT2D eigenvalue weighted by Crippen LogP contribution is 2.42. The maximum absolute atomic E-state index is 5.28. The second-order valence-corrected chi connectivity index (χ2v) is 15.7. The summed E-state index contributed by atoms with van der Waals surface area (Å²) >= 11 is 0. The number of hydrogen-bond acceptors (Lipinski definition) is 2. The van der Waals surface area contributed by atoms with Crippen LogP contribution < -0.4 is 0 Å². The molecular formula is C58H37N3. The number of benzene rings is 10. The van der Waals surface area contributed by atoms with E-state index in [1.54, 1.807) is 0 Å². The van der Waals surface area contributed by atoms with Crippen LogP contribution in [0.25, 0.3) is 116 Å². The predicted molar refractivity (Wildman–Crippen MR) is 256 cm³/mol. The highest BCUT2D eigenvalue weighted by molar-refractivity contribution is 6.20. The van der Waals surface area contributed by atoms with E-state index in [-0.39, 0.29) is 0 Å². The molecule has 0 atom stereocenters. The van der Waals surface area contributed by atoms with Crippen molar-refractivity contribution in [3.05, 3.63) is 224 Å². The molecule has 0 aliphatic heterocycles. The van der Waals surface area contributed by atoms with Gasteiger partial charge in [-0.1, -0.05) is 182 Å². The summed E-state index contributed by atoms with van der Waals surface area (Å²) in [7, 11) is 0. The average Bonchev–Trinajstić information content (AvgIpc) is 3.68. The van der Waals surface area contributed by atoms with Gasteiger partial charge in [-0.15, -0.1) is 0 Å². The zero-order valence-corrected chi connectivity index (χ0v) is 33.2. The molecule has 0 amide bonds. The number of hydrogen-bond donors (Lipinski definition) is 0. The molecule has 0 spiro atoms. The molecule has 2 heterocycles. The summed E-state index contributed by atoms with van der Waals surface area (Å²) in [4.78, 5) is 10.5. The lowest BCUT2D eigenvalue weighted by Gasteiger charge is -2.15. The summed E-state index contributed by atoms with van der Waals surface area (Å²) in [6.07, 6.45) is 0. The Morgan fingerprint density at radius 1 is 0.311 bits per heavy atom. The van der Waals surface area contributed by atoms with Gasteiger partial charge in [0.15, 0.2) is 5.82 Å². The van der Waals surface area contributed by atoms with E-state index in [1.807, 2.05) is 18.2 Å². The molecule has 0 bridgehead atoms. The second kappa shape index (κ2) is 14.3. The molecule has 0 aliphatic carbocycles. The van der Waals surface area contributed by atoms with Crippen LogP contribution in [-0.4, -0.2) is 14.5 Å². The Hall–Kier alpha value is -8.14. The fourth-order valence-corrected chi connectivity index (χ4v) is 9.37. The summed E-state index contributed by atoms with van der Waals surface area (Å²) < 4.78 is 2.40. The summed E-state index contributed by atoms with van der Waals surface area (Å²) in [5.74, 6) is 0.692. The molecule has 284 valence electrons. The molecule has 0 saturated carbocycles. The van der Waals surface area contributed by atoms with Crippen molar-refractivity contribution in [1.82, 2.24) is 14.5 Å². The Morgan fingerprint density at radius 2 is 0.885 bits per heavy atom. The van der Waals surface area contributed by atoms with Gasteiger partial charge in [0.25, 0.3) is 0 Å². The first kappa shape index (κ1) is 34.9. The Labute approximate surface area is 353 Å². The number of para-hydroxylation sites is 3. The van der Waals surface area contributed by atoms with Gasteiger partial charge in [-0.25, -0.2) is 9.97 Å². The van der Waals surface area contributed by atoms with Crippen LogP contribution in [0.3, 0.4) is 0 Å². The third kappa shape index (κ3) is 5.90. The van der Waals surface area contributed by atoms with Gasteiger partial charge in [0.2, 0.25) is 0 Å². The van der Waals surface area contributed by atoms with E-state index < -0.39 is 0 Å². The molecule has 0 aliphatic rings. The maximum atomic E-state index is 5.28. The van der Waals surface area contributed by atoms with Crippen LogP contribution in [0.1, 0.15) is 0 Å². The van der Waals surface area contributed by atoms with Crippen LogP contribution in [0.2, 0.25) is 0 Å². The number of fused-ring (bicyclic) bond motifs is 7. The monoisotopic (exact) mass is 775 g/mol. The van der Waals surface area contributed by atoms with Gasteiger partial charge in [-0.05, 0) is 91.5 Å². The van der Waals surface area contributed by atoms with E-state index in [2.05, 4.69) is 211 Å². The summed E-state index contributed by atoms with van der Waals surface area (Å²) in [6.45, 7) is 0. The smallest absolute Gasteiger partial charge is 0.160 e. The molecule has 3 nitrogen and oxygen atoms in total. The quantitative estimate of drug-likeness (QED) is 0.124. The van der Waals surface area contributed by atoms with Crippen LogP contribution in [0, 0.1) is 0 Å². The molecule has 12 rings (SSSR count). The molecule has 12 aromatic rings. The molecule has 2 aromatic heterocycles. The van der Waals surface area contributed by atoms with Crippen LogP contribution in [-0.2, 0) is 0 Å². The minimum atomic E-state index is 0.692. The van der Waals surface area contributed by atoms with Gasteiger partial charge >= 0.3 is 0 Å². The number of aromatic nitrogens is 3. The largest absolute Gasteiger partial charge is 0.309 e. The maximum Gasteiger partial charge on any atom is 0.160 e. The SMILES string of the molecule is c1ccc(-c2nc(-c3cccc(-c4c5ccccc5cc5c4ccc4ccccc45)c3)cc(-c3cccc(-c4cccc5c6ccccc6n(-c6ccccc6)c45)c3)n2)cc1. The van der Waals surface area contributed by atoms with E-state index in [0.29, 0.717) is 5.82 Å². The summed E-state index contributed by atoms with van der Waals surface area (Å²) in [5, 5.41) is 9.91. The van der Waals surface area contributed by atoms with Gasteiger partial charge in [0.1, 0.15) is 0 Å². The first-order valence-electron chi connectivity index (χ1n) is 20.8. The Morgan fingerprint density at radius 3 is 1.67 bits per heavy atom.